The first kappa shape index (κ1) is 28.1. The fraction of sp³-hybridized carbons (Fsp3) is 0.219. The summed E-state index contributed by atoms with van der Waals surface area (Å²) < 4.78 is 12.4. The van der Waals surface area contributed by atoms with Gasteiger partial charge in [0.25, 0.3) is 5.56 Å². The first-order valence-electron chi connectivity index (χ1n) is 13.5. The number of aromatic amines is 1. The Hall–Kier alpha value is -4.99. The maximum absolute atomic E-state index is 13.4. The second-order valence-electron chi connectivity index (χ2n) is 10.2. The zero-order chi connectivity index (χ0) is 30.2. The van der Waals surface area contributed by atoms with Crippen molar-refractivity contribution in [2.24, 2.45) is 0 Å². The molecule has 5 N–H and O–H groups in total. The van der Waals surface area contributed by atoms with E-state index in [-0.39, 0.29) is 17.1 Å². The van der Waals surface area contributed by atoms with Crippen molar-refractivity contribution in [2.75, 3.05) is 19.0 Å². The number of nitrogens with zero attached hydrogens (tertiary/aromatic N) is 3. The van der Waals surface area contributed by atoms with Gasteiger partial charge in [0.1, 0.15) is 23.5 Å². The van der Waals surface area contributed by atoms with Gasteiger partial charge in [-0.3, -0.25) is 14.3 Å². The number of methoxy groups -OCH3 is 1. The van der Waals surface area contributed by atoms with E-state index in [0.29, 0.717) is 5.75 Å². The molecule has 3 heterocycles. The van der Waals surface area contributed by atoms with Crippen LogP contribution in [0, 0.1) is 12.3 Å². The number of hydrogen-bond donors (Lipinski definition) is 5. The third-order valence-electron chi connectivity index (χ3n) is 7.82. The third-order valence-corrected chi connectivity index (χ3v) is 7.82. The number of fused-ring (bicyclic) bond motifs is 1. The second-order valence-corrected chi connectivity index (χ2v) is 10.2. The molecule has 11 heteroatoms. The Labute approximate surface area is 246 Å². The maximum atomic E-state index is 13.4. The summed E-state index contributed by atoms with van der Waals surface area (Å²) in [6, 6.07) is 27.0. The number of anilines is 1. The van der Waals surface area contributed by atoms with Gasteiger partial charge >= 0.3 is 0 Å². The number of aromatic nitrogens is 4. The van der Waals surface area contributed by atoms with Gasteiger partial charge in [-0.05, 0) is 28.8 Å². The second kappa shape index (κ2) is 11.0. The van der Waals surface area contributed by atoms with E-state index in [1.807, 2.05) is 84.9 Å². The number of terminal acetylenes is 1. The molecule has 1 aliphatic heterocycles. The van der Waals surface area contributed by atoms with Gasteiger partial charge in [0.05, 0.1) is 20.0 Å². The van der Waals surface area contributed by atoms with Crippen molar-refractivity contribution < 1.29 is 24.8 Å². The Balaban J connectivity index is 1.56. The minimum Gasteiger partial charge on any atom is -0.497 e. The molecule has 6 rings (SSSR count). The predicted octanol–water partition coefficient (Wildman–Crippen LogP) is 2.15. The number of aliphatic hydroxyl groups is 3. The zero-order valence-electron chi connectivity index (χ0n) is 23.1. The molecule has 1 saturated heterocycles. The number of aliphatic hydroxyl groups excluding tert-OH is 2. The van der Waals surface area contributed by atoms with Gasteiger partial charge in [-0.15, -0.1) is 6.42 Å². The zero-order valence-corrected chi connectivity index (χ0v) is 23.1. The Morgan fingerprint density at radius 3 is 2.23 bits per heavy atom. The van der Waals surface area contributed by atoms with Gasteiger partial charge in [-0.25, -0.2) is 4.98 Å². The van der Waals surface area contributed by atoms with Crippen LogP contribution >= 0.6 is 0 Å². The van der Waals surface area contributed by atoms with Crippen LogP contribution in [0.25, 0.3) is 11.2 Å². The van der Waals surface area contributed by atoms with Crippen molar-refractivity contribution in [1.29, 1.82) is 0 Å². The van der Waals surface area contributed by atoms with E-state index < -0.39 is 41.7 Å². The minimum absolute atomic E-state index is 0.0371. The number of rotatable bonds is 8. The van der Waals surface area contributed by atoms with Crippen molar-refractivity contribution in [2.45, 2.75) is 29.6 Å². The lowest BCUT2D eigenvalue weighted by molar-refractivity contribution is -0.0721. The van der Waals surface area contributed by atoms with Crippen LogP contribution in [0.4, 0.5) is 5.95 Å². The first-order valence-corrected chi connectivity index (χ1v) is 13.5. The Bertz CT molecular complexity index is 1790. The quantitative estimate of drug-likeness (QED) is 0.137. The highest BCUT2D eigenvalue weighted by Crippen LogP contribution is 2.41. The predicted molar refractivity (Wildman–Crippen MR) is 158 cm³/mol. The summed E-state index contributed by atoms with van der Waals surface area (Å²) in [6.07, 6.45) is 2.72. The van der Waals surface area contributed by atoms with E-state index in [9.17, 15) is 20.1 Å². The van der Waals surface area contributed by atoms with E-state index >= 15 is 0 Å². The topological polar surface area (TPSA) is 155 Å². The van der Waals surface area contributed by atoms with Gasteiger partial charge in [0, 0.05) is 0 Å². The summed E-state index contributed by atoms with van der Waals surface area (Å²) in [6.45, 7) is -0.590. The number of benzene rings is 3. The molecule has 0 radical (unpaired) electrons. The van der Waals surface area contributed by atoms with Gasteiger partial charge in [0.2, 0.25) is 5.95 Å². The van der Waals surface area contributed by atoms with Crippen molar-refractivity contribution in [1.82, 2.24) is 19.5 Å². The molecule has 1 fully saturated rings. The Morgan fingerprint density at radius 2 is 1.67 bits per heavy atom. The molecule has 0 saturated carbocycles. The van der Waals surface area contributed by atoms with Crippen LogP contribution in [-0.4, -0.2) is 66.4 Å². The third kappa shape index (κ3) is 4.54. The number of nitrogens with one attached hydrogen (secondary N) is 2. The summed E-state index contributed by atoms with van der Waals surface area (Å²) in [4.78, 5) is 25.1. The Morgan fingerprint density at radius 1 is 1.07 bits per heavy atom. The summed E-state index contributed by atoms with van der Waals surface area (Å²) >= 11 is 0. The minimum atomic E-state index is -2.22. The van der Waals surface area contributed by atoms with Crippen molar-refractivity contribution >= 4 is 17.1 Å². The molecule has 1 aliphatic rings. The Kier molecular flexibility index (Phi) is 7.21. The summed E-state index contributed by atoms with van der Waals surface area (Å²) in [5.41, 5.74) is -1.28. The molecule has 0 unspecified atom stereocenters. The van der Waals surface area contributed by atoms with Gasteiger partial charge in [-0.2, -0.15) is 4.98 Å². The van der Waals surface area contributed by atoms with Crippen LogP contribution in [0.1, 0.15) is 22.9 Å². The van der Waals surface area contributed by atoms with Crippen LogP contribution in [0.3, 0.4) is 0 Å². The highest BCUT2D eigenvalue weighted by Gasteiger charge is 2.55. The normalized spacial score (nSPS) is 21.9. The average Bonchev–Trinajstić information content (AvgIpc) is 3.59. The molecule has 43 heavy (non-hydrogen) atoms. The molecule has 3 aromatic carbocycles. The molecule has 0 aliphatic carbocycles. The van der Waals surface area contributed by atoms with Crippen LogP contribution < -0.4 is 15.6 Å². The summed E-state index contributed by atoms with van der Waals surface area (Å²) in [5.74, 6) is 2.94. The number of hydrogen-bond acceptors (Lipinski definition) is 9. The molecular formula is C32H29N5O6. The molecular weight excluding hydrogens is 550 g/mol. The van der Waals surface area contributed by atoms with Crippen molar-refractivity contribution in [3.63, 3.8) is 0 Å². The highest BCUT2D eigenvalue weighted by atomic mass is 16.6. The van der Waals surface area contributed by atoms with E-state index in [4.69, 9.17) is 20.9 Å². The lowest BCUT2D eigenvalue weighted by Gasteiger charge is -2.37. The highest BCUT2D eigenvalue weighted by molar-refractivity contribution is 5.72. The summed E-state index contributed by atoms with van der Waals surface area (Å²) in [5, 5.41) is 35.0. The molecule has 2 aromatic heterocycles. The average molecular weight is 580 g/mol. The fourth-order valence-electron chi connectivity index (χ4n) is 5.62. The number of imidazole rings is 1. The van der Waals surface area contributed by atoms with E-state index in [1.165, 1.54) is 10.9 Å². The smallest absolute Gasteiger partial charge is 0.280 e. The first-order chi connectivity index (χ1) is 20.8. The molecule has 11 nitrogen and oxygen atoms in total. The fourth-order valence-corrected chi connectivity index (χ4v) is 5.62. The van der Waals surface area contributed by atoms with Crippen LogP contribution in [0.5, 0.6) is 5.75 Å². The molecule has 0 amide bonds. The number of H-pyrrole nitrogens is 1. The van der Waals surface area contributed by atoms with E-state index in [2.05, 4.69) is 21.2 Å². The van der Waals surface area contributed by atoms with Crippen molar-refractivity contribution in [3.05, 3.63) is 118 Å². The van der Waals surface area contributed by atoms with Crippen LogP contribution in [0.2, 0.25) is 0 Å². The van der Waals surface area contributed by atoms with E-state index in [0.717, 1.165) is 16.7 Å². The summed E-state index contributed by atoms with van der Waals surface area (Å²) in [7, 11) is 1.60. The molecule has 218 valence electrons. The monoisotopic (exact) mass is 579 g/mol. The molecule has 5 aromatic rings. The molecule has 0 bridgehead atoms. The molecule has 0 spiro atoms. The van der Waals surface area contributed by atoms with E-state index in [1.54, 1.807) is 7.11 Å². The van der Waals surface area contributed by atoms with Gasteiger partial charge < -0.3 is 30.1 Å². The number of ether oxygens (including phenoxy) is 2. The van der Waals surface area contributed by atoms with Gasteiger partial charge in [0.15, 0.2) is 23.0 Å². The van der Waals surface area contributed by atoms with Crippen LogP contribution in [0.15, 0.2) is 96.1 Å². The maximum Gasteiger partial charge on any atom is 0.280 e. The van der Waals surface area contributed by atoms with Crippen LogP contribution in [-0.2, 0) is 10.3 Å². The largest absolute Gasteiger partial charge is 0.497 e. The van der Waals surface area contributed by atoms with Gasteiger partial charge in [-0.1, -0.05) is 78.7 Å². The lowest BCUT2D eigenvalue weighted by Crippen LogP contribution is -2.45. The SMILES string of the molecule is C#C[C@@]1(O)[C@H](O)[C@@H](CO)O[C@H]1n1cnc2c(=O)[nH]c(NC(c3ccccc3)(c3ccccc3)c3ccc(OC)cc3)nc21. The van der Waals surface area contributed by atoms with Crippen molar-refractivity contribution in [3.8, 4) is 18.1 Å². The lowest BCUT2D eigenvalue weighted by atomic mass is 9.77. The standard InChI is InChI=1S/C32H29N5O6/c1-3-31(41)26(39)24(18-38)43-29(31)37-19-33-25-27(37)34-30(35-28(25)40)36-32(20-10-6-4-7-11-20,21-12-8-5-9-13-21)22-14-16-23(42-2)17-15-22/h1,4-17,19,24,26,29,38-39,41H,18H2,2H3,(H2,34,35,36,40)/t24-,26-,29-,31-/m1/s1. The molecule has 4 atom stereocenters.